The highest BCUT2D eigenvalue weighted by Gasteiger charge is 2.14. The predicted molar refractivity (Wildman–Crippen MR) is 102 cm³/mol. The van der Waals surface area contributed by atoms with E-state index in [1.54, 1.807) is 17.5 Å². The molecule has 2 rings (SSSR count). The number of rotatable bonds is 7. The van der Waals surface area contributed by atoms with Crippen LogP contribution in [0.3, 0.4) is 0 Å². The van der Waals surface area contributed by atoms with Crippen molar-refractivity contribution in [1.82, 2.24) is 15.2 Å². The Morgan fingerprint density at radius 3 is 2.64 bits per heavy atom. The van der Waals surface area contributed by atoms with Gasteiger partial charge in [0.15, 0.2) is 5.13 Å². The molecule has 0 saturated heterocycles. The molecule has 2 amide bonds. The van der Waals surface area contributed by atoms with Crippen molar-refractivity contribution in [3.05, 3.63) is 44.9 Å². The van der Waals surface area contributed by atoms with Crippen molar-refractivity contribution in [2.75, 3.05) is 32.5 Å². The molecule has 25 heavy (non-hydrogen) atoms. The van der Waals surface area contributed by atoms with Gasteiger partial charge in [-0.1, -0.05) is 23.2 Å². The summed E-state index contributed by atoms with van der Waals surface area (Å²) in [4.78, 5) is 30.4. The third-order valence-corrected chi connectivity index (χ3v) is 4.70. The second-order valence-corrected chi connectivity index (χ2v) is 7.21. The molecule has 0 atom stereocenters. The summed E-state index contributed by atoms with van der Waals surface area (Å²) in [6.07, 6.45) is 0.851. The van der Waals surface area contributed by atoms with Gasteiger partial charge < -0.3 is 10.2 Å². The monoisotopic (exact) mass is 400 g/mol. The maximum atomic E-state index is 12.2. The summed E-state index contributed by atoms with van der Waals surface area (Å²) in [5.74, 6) is -0.629. The first kappa shape index (κ1) is 19.7. The van der Waals surface area contributed by atoms with E-state index >= 15 is 0 Å². The average Bonchev–Trinajstić information content (AvgIpc) is 3.02. The highest BCUT2D eigenvalue weighted by molar-refractivity contribution is 7.14. The molecule has 0 bridgehead atoms. The van der Waals surface area contributed by atoms with E-state index in [1.165, 1.54) is 17.4 Å². The Bertz CT molecular complexity index is 764. The van der Waals surface area contributed by atoms with Crippen LogP contribution in [-0.4, -0.2) is 48.9 Å². The highest BCUT2D eigenvalue weighted by atomic mass is 35.5. The number of halogens is 2. The number of nitrogens with one attached hydrogen (secondary N) is 2. The number of carbonyl (C=O) groups is 2. The number of benzene rings is 1. The van der Waals surface area contributed by atoms with E-state index in [-0.39, 0.29) is 17.5 Å². The van der Waals surface area contributed by atoms with Crippen molar-refractivity contribution in [1.29, 1.82) is 0 Å². The molecule has 0 saturated carbocycles. The summed E-state index contributed by atoms with van der Waals surface area (Å²) in [5, 5.41) is 8.06. The average molecular weight is 401 g/mol. The minimum Gasteiger partial charge on any atom is -0.351 e. The minimum absolute atomic E-state index is 0.259. The molecule has 0 aliphatic rings. The fourth-order valence-electron chi connectivity index (χ4n) is 1.93. The van der Waals surface area contributed by atoms with Crippen LogP contribution in [0.25, 0.3) is 0 Å². The largest absolute Gasteiger partial charge is 0.351 e. The van der Waals surface area contributed by atoms with E-state index in [0.29, 0.717) is 27.3 Å². The van der Waals surface area contributed by atoms with Gasteiger partial charge in [-0.3, -0.25) is 14.9 Å². The maximum absolute atomic E-state index is 12.2. The van der Waals surface area contributed by atoms with Crippen LogP contribution in [0, 0.1) is 0 Å². The summed E-state index contributed by atoms with van der Waals surface area (Å²) < 4.78 is 0. The van der Waals surface area contributed by atoms with E-state index in [1.807, 2.05) is 19.0 Å². The molecule has 9 heteroatoms. The van der Waals surface area contributed by atoms with Crippen LogP contribution >= 0.6 is 34.5 Å². The Balaban J connectivity index is 1.91. The topological polar surface area (TPSA) is 74.3 Å². The molecule has 1 aromatic carbocycles. The normalized spacial score (nSPS) is 10.8. The molecule has 6 nitrogen and oxygen atoms in total. The third kappa shape index (κ3) is 5.97. The first-order chi connectivity index (χ1) is 11.9. The SMILES string of the molecule is CN(C)CCCNC(=O)c1csc(NC(=O)c2ccc(Cl)c(Cl)c2)n1. The fourth-order valence-corrected chi connectivity index (χ4v) is 2.91. The predicted octanol–water partition coefficient (Wildman–Crippen LogP) is 3.38. The molecule has 2 aromatic rings. The zero-order valence-corrected chi connectivity index (χ0v) is 16.1. The van der Waals surface area contributed by atoms with Crippen molar-refractivity contribution < 1.29 is 9.59 Å². The van der Waals surface area contributed by atoms with E-state index in [2.05, 4.69) is 15.6 Å². The van der Waals surface area contributed by atoms with Gasteiger partial charge >= 0.3 is 0 Å². The summed E-state index contributed by atoms with van der Waals surface area (Å²) in [6, 6.07) is 4.59. The van der Waals surface area contributed by atoms with Gasteiger partial charge in [0.25, 0.3) is 11.8 Å². The van der Waals surface area contributed by atoms with Crippen LogP contribution in [0.4, 0.5) is 5.13 Å². The van der Waals surface area contributed by atoms with Crippen LogP contribution in [-0.2, 0) is 0 Å². The van der Waals surface area contributed by atoms with Crippen LogP contribution in [0.5, 0.6) is 0 Å². The van der Waals surface area contributed by atoms with Crippen molar-refractivity contribution in [3.8, 4) is 0 Å². The summed E-state index contributed by atoms with van der Waals surface area (Å²) >= 11 is 12.9. The number of thiazole rings is 1. The minimum atomic E-state index is -0.370. The first-order valence-electron chi connectivity index (χ1n) is 7.51. The molecule has 0 unspecified atom stereocenters. The maximum Gasteiger partial charge on any atom is 0.270 e. The molecular formula is C16H18Cl2N4O2S. The van der Waals surface area contributed by atoms with Crippen LogP contribution in [0.1, 0.15) is 27.3 Å². The Kier molecular flexibility index (Phi) is 7.19. The van der Waals surface area contributed by atoms with E-state index in [4.69, 9.17) is 23.2 Å². The lowest BCUT2D eigenvalue weighted by atomic mass is 10.2. The van der Waals surface area contributed by atoms with E-state index in [0.717, 1.165) is 13.0 Å². The number of carbonyl (C=O) groups excluding carboxylic acids is 2. The van der Waals surface area contributed by atoms with Gasteiger partial charge in [0.2, 0.25) is 0 Å². The molecular weight excluding hydrogens is 383 g/mol. The summed E-state index contributed by atoms with van der Waals surface area (Å²) in [6.45, 7) is 1.46. The lowest BCUT2D eigenvalue weighted by molar-refractivity contribution is 0.0946. The molecule has 0 fully saturated rings. The lowest BCUT2D eigenvalue weighted by Gasteiger charge is -2.09. The van der Waals surface area contributed by atoms with Gasteiger partial charge in [0.05, 0.1) is 10.0 Å². The van der Waals surface area contributed by atoms with E-state index in [9.17, 15) is 9.59 Å². The fraction of sp³-hybridized carbons (Fsp3) is 0.312. The molecule has 1 heterocycles. The number of amides is 2. The summed E-state index contributed by atoms with van der Waals surface area (Å²) in [5.41, 5.74) is 0.638. The number of nitrogens with zero attached hydrogens (tertiary/aromatic N) is 2. The van der Waals surface area contributed by atoms with Crippen LogP contribution < -0.4 is 10.6 Å². The Labute approximate surface area is 160 Å². The molecule has 134 valence electrons. The zero-order chi connectivity index (χ0) is 18.4. The molecule has 2 N–H and O–H groups in total. The molecule has 0 aliphatic carbocycles. The van der Waals surface area contributed by atoms with Crippen LogP contribution in [0.15, 0.2) is 23.6 Å². The van der Waals surface area contributed by atoms with Crippen molar-refractivity contribution in [2.45, 2.75) is 6.42 Å². The van der Waals surface area contributed by atoms with Gasteiger partial charge in [0.1, 0.15) is 5.69 Å². The Morgan fingerprint density at radius 1 is 1.20 bits per heavy atom. The second-order valence-electron chi connectivity index (χ2n) is 5.53. The summed E-state index contributed by atoms with van der Waals surface area (Å²) in [7, 11) is 3.95. The zero-order valence-electron chi connectivity index (χ0n) is 13.8. The molecule has 0 radical (unpaired) electrons. The van der Waals surface area contributed by atoms with Gasteiger partial charge in [-0.05, 0) is 45.3 Å². The van der Waals surface area contributed by atoms with Crippen molar-refractivity contribution in [2.24, 2.45) is 0 Å². The van der Waals surface area contributed by atoms with Crippen LogP contribution in [0.2, 0.25) is 10.0 Å². The quantitative estimate of drug-likeness (QED) is 0.698. The van der Waals surface area contributed by atoms with Gasteiger partial charge in [-0.2, -0.15) is 0 Å². The van der Waals surface area contributed by atoms with E-state index < -0.39 is 0 Å². The standard InChI is InChI=1S/C16H18Cl2N4O2S/c1-22(2)7-3-6-19-15(24)13-9-25-16(20-13)21-14(23)10-4-5-11(17)12(18)8-10/h4-5,8-9H,3,6-7H2,1-2H3,(H,19,24)(H,20,21,23). The van der Waals surface area contributed by atoms with Gasteiger partial charge in [0, 0.05) is 17.5 Å². The molecule has 0 spiro atoms. The molecule has 0 aliphatic heterocycles. The third-order valence-electron chi connectivity index (χ3n) is 3.21. The number of anilines is 1. The van der Waals surface area contributed by atoms with Crippen molar-refractivity contribution in [3.63, 3.8) is 0 Å². The highest BCUT2D eigenvalue weighted by Crippen LogP contribution is 2.23. The first-order valence-corrected chi connectivity index (χ1v) is 9.15. The molecule has 1 aromatic heterocycles. The van der Waals surface area contributed by atoms with Gasteiger partial charge in [-0.25, -0.2) is 4.98 Å². The lowest BCUT2D eigenvalue weighted by Crippen LogP contribution is -2.27. The Morgan fingerprint density at radius 2 is 1.96 bits per heavy atom. The Hall–Kier alpha value is -1.67. The number of aromatic nitrogens is 1. The number of hydrogen-bond donors (Lipinski definition) is 2. The number of hydrogen-bond acceptors (Lipinski definition) is 5. The second kappa shape index (κ2) is 9.15. The smallest absolute Gasteiger partial charge is 0.270 e. The van der Waals surface area contributed by atoms with Crippen molar-refractivity contribution >= 4 is 51.5 Å². The van der Waals surface area contributed by atoms with Gasteiger partial charge in [-0.15, -0.1) is 11.3 Å².